The van der Waals surface area contributed by atoms with Crippen LogP contribution in [0.1, 0.15) is 15.9 Å². The molecule has 2 aromatic heterocycles. The minimum absolute atomic E-state index is 0.173. The second kappa shape index (κ2) is 9.52. The number of ether oxygens (including phenoxy) is 1. The summed E-state index contributed by atoms with van der Waals surface area (Å²) in [5.41, 5.74) is 3.25. The van der Waals surface area contributed by atoms with Crippen molar-refractivity contribution in [2.75, 3.05) is 7.11 Å². The van der Waals surface area contributed by atoms with Crippen molar-refractivity contribution >= 4 is 57.7 Å². The first-order valence-corrected chi connectivity index (χ1v) is 10.5. The molecule has 7 nitrogen and oxygen atoms in total. The molecular weight excluding hydrogens is 471 g/mol. The summed E-state index contributed by atoms with van der Waals surface area (Å²) >= 11 is 17.4. The largest absolute Gasteiger partial charge is 0.494 e. The molecule has 0 radical (unpaired) electrons. The Labute approximate surface area is 198 Å². The van der Waals surface area contributed by atoms with Crippen LogP contribution in [0.3, 0.4) is 0 Å². The Morgan fingerprint density at radius 1 is 1.16 bits per heavy atom. The number of fused-ring (bicyclic) bond motifs is 1. The highest BCUT2D eigenvalue weighted by Crippen LogP contribution is 2.33. The van der Waals surface area contributed by atoms with Crippen LogP contribution in [0.4, 0.5) is 0 Å². The average molecular weight is 487 g/mol. The van der Waals surface area contributed by atoms with Crippen LogP contribution in [0.15, 0.2) is 59.1 Å². The minimum Gasteiger partial charge on any atom is -0.494 e. The van der Waals surface area contributed by atoms with Crippen LogP contribution >= 0.6 is 35.4 Å². The number of rotatable bonds is 5. The molecule has 4 aromatic rings. The van der Waals surface area contributed by atoms with Gasteiger partial charge in [-0.3, -0.25) is 10.1 Å². The lowest BCUT2D eigenvalue weighted by Crippen LogP contribution is -2.38. The molecular formula is C22H16Cl2N4O3S. The van der Waals surface area contributed by atoms with Crippen molar-refractivity contribution in [3.63, 3.8) is 0 Å². The van der Waals surface area contributed by atoms with Crippen LogP contribution in [-0.2, 0) is 6.54 Å². The Hall–Kier alpha value is -3.20. The number of pyridine rings is 1. The molecule has 4 rings (SSSR count). The molecule has 2 aromatic carbocycles. The molecule has 0 aliphatic carbocycles. The Bertz CT molecular complexity index is 1250. The summed E-state index contributed by atoms with van der Waals surface area (Å²) in [4.78, 5) is 21.0. The van der Waals surface area contributed by atoms with Gasteiger partial charge in [0.2, 0.25) is 5.89 Å². The SMILES string of the molecule is COc1c(Cl)cc(C(=O)NC(=S)NCc2ccc(-c3nc4ncccc4o3)cc2)cc1Cl. The average Bonchev–Trinajstić information content (AvgIpc) is 3.22. The van der Waals surface area contributed by atoms with E-state index in [0.717, 1.165) is 11.1 Å². The zero-order valence-corrected chi connectivity index (χ0v) is 19.0. The van der Waals surface area contributed by atoms with Crippen molar-refractivity contribution in [2.45, 2.75) is 6.54 Å². The van der Waals surface area contributed by atoms with Gasteiger partial charge in [0.15, 0.2) is 22.1 Å². The van der Waals surface area contributed by atoms with Crippen LogP contribution in [0.5, 0.6) is 5.75 Å². The van der Waals surface area contributed by atoms with Gasteiger partial charge in [-0.1, -0.05) is 35.3 Å². The van der Waals surface area contributed by atoms with Gasteiger partial charge in [0.05, 0.1) is 17.2 Å². The topological polar surface area (TPSA) is 89.3 Å². The highest BCUT2D eigenvalue weighted by Gasteiger charge is 2.14. The maximum absolute atomic E-state index is 12.4. The summed E-state index contributed by atoms with van der Waals surface area (Å²) in [6.07, 6.45) is 1.67. The number of benzene rings is 2. The number of methoxy groups -OCH3 is 1. The molecule has 0 saturated carbocycles. The Morgan fingerprint density at radius 3 is 2.53 bits per heavy atom. The zero-order chi connectivity index (χ0) is 22.7. The van der Waals surface area contributed by atoms with Gasteiger partial charge in [-0.15, -0.1) is 0 Å². The normalized spacial score (nSPS) is 10.7. The standard InChI is InChI=1S/C22H16Cl2N4O3S/c1-30-18-15(23)9-14(10-16(18)24)20(29)28-22(32)26-11-12-4-6-13(7-5-12)21-27-19-17(31-21)3-2-8-25-19/h2-10H,11H2,1H3,(H2,26,28,29,32). The summed E-state index contributed by atoms with van der Waals surface area (Å²) in [6, 6.07) is 14.2. The smallest absolute Gasteiger partial charge is 0.257 e. The molecule has 0 aliphatic heterocycles. The van der Waals surface area contributed by atoms with E-state index >= 15 is 0 Å². The molecule has 0 saturated heterocycles. The van der Waals surface area contributed by atoms with Crippen LogP contribution in [-0.4, -0.2) is 28.1 Å². The van der Waals surface area contributed by atoms with E-state index in [4.69, 9.17) is 44.6 Å². The highest BCUT2D eigenvalue weighted by molar-refractivity contribution is 7.80. The molecule has 0 unspecified atom stereocenters. The van der Waals surface area contributed by atoms with E-state index in [-0.39, 0.29) is 20.7 Å². The number of hydrogen-bond donors (Lipinski definition) is 2. The second-order valence-corrected chi connectivity index (χ2v) is 7.87. The molecule has 10 heteroatoms. The lowest BCUT2D eigenvalue weighted by atomic mass is 10.1. The molecule has 162 valence electrons. The number of nitrogens with one attached hydrogen (secondary N) is 2. The Kier molecular flexibility index (Phi) is 6.55. The van der Waals surface area contributed by atoms with E-state index in [2.05, 4.69) is 20.6 Å². The number of amides is 1. The summed E-state index contributed by atoms with van der Waals surface area (Å²) in [5.74, 6) is 0.370. The molecule has 0 atom stereocenters. The van der Waals surface area contributed by atoms with Crippen LogP contribution in [0.2, 0.25) is 10.0 Å². The molecule has 0 spiro atoms. The van der Waals surface area contributed by atoms with E-state index < -0.39 is 5.91 Å². The number of hydrogen-bond acceptors (Lipinski definition) is 6. The van der Waals surface area contributed by atoms with Crippen molar-refractivity contribution in [2.24, 2.45) is 0 Å². The number of carbonyl (C=O) groups is 1. The van der Waals surface area contributed by atoms with E-state index in [9.17, 15) is 4.79 Å². The number of carbonyl (C=O) groups excluding carboxylic acids is 1. The summed E-state index contributed by atoms with van der Waals surface area (Å²) < 4.78 is 10.8. The third-order valence-corrected chi connectivity index (χ3v) is 5.32. The van der Waals surface area contributed by atoms with E-state index in [1.165, 1.54) is 19.2 Å². The summed E-state index contributed by atoms with van der Waals surface area (Å²) in [6.45, 7) is 0.415. The fourth-order valence-electron chi connectivity index (χ4n) is 2.95. The van der Waals surface area contributed by atoms with Gasteiger partial charge in [0, 0.05) is 23.9 Å². The van der Waals surface area contributed by atoms with Gasteiger partial charge >= 0.3 is 0 Å². The van der Waals surface area contributed by atoms with Crippen molar-refractivity contribution < 1.29 is 13.9 Å². The molecule has 0 bridgehead atoms. The van der Waals surface area contributed by atoms with Crippen molar-refractivity contribution in [3.8, 4) is 17.2 Å². The molecule has 1 amide bonds. The van der Waals surface area contributed by atoms with E-state index in [1.807, 2.05) is 30.3 Å². The number of oxazole rings is 1. The third-order valence-electron chi connectivity index (χ3n) is 4.51. The predicted octanol–water partition coefficient (Wildman–Crippen LogP) is 5.01. The predicted molar refractivity (Wildman–Crippen MR) is 127 cm³/mol. The monoisotopic (exact) mass is 486 g/mol. The zero-order valence-electron chi connectivity index (χ0n) is 16.7. The van der Waals surface area contributed by atoms with Crippen LogP contribution < -0.4 is 15.4 Å². The van der Waals surface area contributed by atoms with Gasteiger partial charge in [-0.25, -0.2) is 4.98 Å². The molecule has 2 N–H and O–H groups in total. The third kappa shape index (κ3) is 4.83. The number of thiocarbonyl (C=S) groups is 1. The second-order valence-electron chi connectivity index (χ2n) is 6.65. The van der Waals surface area contributed by atoms with Gasteiger partial charge in [0.1, 0.15) is 0 Å². The molecule has 0 fully saturated rings. The first-order chi connectivity index (χ1) is 15.4. The first kappa shape index (κ1) is 22.0. The lowest BCUT2D eigenvalue weighted by molar-refractivity contribution is 0.0976. The fourth-order valence-corrected chi connectivity index (χ4v) is 3.75. The van der Waals surface area contributed by atoms with Crippen molar-refractivity contribution in [1.29, 1.82) is 0 Å². The fraction of sp³-hybridized carbons (Fsp3) is 0.0909. The highest BCUT2D eigenvalue weighted by atomic mass is 35.5. The van der Waals surface area contributed by atoms with Gasteiger partial charge in [-0.2, -0.15) is 4.98 Å². The Morgan fingerprint density at radius 2 is 1.88 bits per heavy atom. The van der Waals surface area contributed by atoms with Crippen LogP contribution in [0.25, 0.3) is 22.7 Å². The number of nitrogens with zero attached hydrogens (tertiary/aromatic N) is 2. The quantitative estimate of drug-likeness (QED) is 0.383. The number of aromatic nitrogens is 2. The van der Waals surface area contributed by atoms with Crippen molar-refractivity contribution in [3.05, 3.63) is 75.9 Å². The molecule has 32 heavy (non-hydrogen) atoms. The lowest BCUT2D eigenvalue weighted by Gasteiger charge is -2.11. The summed E-state index contributed by atoms with van der Waals surface area (Å²) in [7, 11) is 1.45. The first-order valence-electron chi connectivity index (χ1n) is 9.37. The van der Waals surface area contributed by atoms with Gasteiger partial charge < -0.3 is 14.5 Å². The summed E-state index contributed by atoms with van der Waals surface area (Å²) in [5, 5.41) is 6.24. The number of halogens is 2. The Balaban J connectivity index is 1.35. The minimum atomic E-state index is -0.436. The van der Waals surface area contributed by atoms with E-state index in [1.54, 1.807) is 12.3 Å². The van der Waals surface area contributed by atoms with Gasteiger partial charge in [-0.05, 0) is 54.2 Å². The molecule has 2 heterocycles. The molecule has 0 aliphatic rings. The van der Waals surface area contributed by atoms with E-state index in [0.29, 0.717) is 29.4 Å². The maximum atomic E-state index is 12.4. The van der Waals surface area contributed by atoms with Gasteiger partial charge in [0.25, 0.3) is 5.91 Å². The maximum Gasteiger partial charge on any atom is 0.257 e. The van der Waals surface area contributed by atoms with Crippen molar-refractivity contribution in [1.82, 2.24) is 20.6 Å². The van der Waals surface area contributed by atoms with Crippen LogP contribution in [0, 0.1) is 0 Å².